The van der Waals surface area contributed by atoms with Crippen LogP contribution in [0.3, 0.4) is 0 Å². The summed E-state index contributed by atoms with van der Waals surface area (Å²) in [5.74, 6) is -0.201. The van der Waals surface area contributed by atoms with Gasteiger partial charge in [0.15, 0.2) is 0 Å². The molecule has 0 aromatic heterocycles. The monoisotopic (exact) mass is 298 g/mol. The summed E-state index contributed by atoms with van der Waals surface area (Å²) < 4.78 is 0. The SMILES string of the molecule is CC(C)(C)C1CCC(O)(CNC(=O)[C@@H]2C[C@H]2[N+](=O)[O-])CC1. The second-order valence-electron chi connectivity index (χ2n) is 7.78. The van der Waals surface area contributed by atoms with Crippen LogP contribution in [-0.2, 0) is 4.79 Å². The Kier molecular flexibility index (Phi) is 4.29. The van der Waals surface area contributed by atoms with E-state index in [2.05, 4.69) is 26.1 Å². The van der Waals surface area contributed by atoms with Gasteiger partial charge in [0.05, 0.1) is 5.60 Å². The summed E-state index contributed by atoms with van der Waals surface area (Å²) in [6.07, 6.45) is 3.59. The maximum atomic E-state index is 11.8. The Bertz CT molecular complexity index is 422. The summed E-state index contributed by atoms with van der Waals surface area (Å²) in [5.41, 5.74) is -0.603. The van der Waals surface area contributed by atoms with Crippen molar-refractivity contribution in [3.05, 3.63) is 10.1 Å². The highest BCUT2D eigenvalue weighted by Gasteiger charge is 2.53. The molecule has 1 amide bonds. The highest BCUT2D eigenvalue weighted by molar-refractivity contribution is 5.82. The lowest BCUT2D eigenvalue weighted by molar-refractivity contribution is -0.497. The molecule has 0 saturated heterocycles. The molecule has 2 N–H and O–H groups in total. The Hall–Kier alpha value is -1.17. The summed E-state index contributed by atoms with van der Waals surface area (Å²) in [6, 6.07) is -0.726. The van der Waals surface area contributed by atoms with E-state index in [9.17, 15) is 20.0 Å². The Morgan fingerprint density at radius 2 is 1.95 bits per heavy atom. The van der Waals surface area contributed by atoms with Gasteiger partial charge in [0.25, 0.3) is 0 Å². The number of nitrogens with one attached hydrogen (secondary N) is 1. The molecule has 0 radical (unpaired) electrons. The molecule has 2 atom stereocenters. The van der Waals surface area contributed by atoms with Crippen LogP contribution in [0.25, 0.3) is 0 Å². The van der Waals surface area contributed by atoms with Crippen LogP contribution < -0.4 is 5.32 Å². The molecule has 2 rings (SSSR count). The zero-order chi connectivity index (χ0) is 15.8. The quantitative estimate of drug-likeness (QED) is 0.610. The minimum atomic E-state index is -0.851. The van der Waals surface area contributed by atoms with Gasteiger partial charge in [0.1, 0.15) is 5.92 Å². The molecule has 0 unspecified atom stereocenters. The zero-order valence-electron chi connectivity index (χ0n) is 13.1. The summed E-state index contributed by atoms with van der Waals surface area (Å²) in [6.45, 7) is 6.86. The molecule has 0 heterocycles. The van der Waals surface area contributed by atoms with Gasteiger partial charge in [-0.1, -0.05) is 20.8 Å². The molecule has 21 heavy (non-hydrogen) atoms. The Morgan fingerprint density at radius 1 is 1.38 bits per heavy atom. The number of hydrogen-bond acceptors (Lipinski definition) is 4. The van der Waals surface area contributed by atoms with Gasteiger partial charge in [-0.15, -0.1) is 0 Å². The van der Waals surface area contributed by atoms with E-state index in [0.717, 1.165) is 12.8 Å². The van der Waals surface area contributed by atoms with Gasteiger partial charge in [-0.2, -0.15) is 0 Å². The molecule has 2 fully saturated rings. The average Bonchev–Trinajstić information content (AvgIpc) is 3.16. The summed E-state index contributed by atoms with van der Waals surface area (Å²) in [4.78, 5) is 22.0. The molecule has 0 aliphatic heterocycles. The van der Waals surface area contributed by atoms with Crippen molar-refractivity contribution in [2.75, 3.05) is 6.54 Å². The van der Waals surface area contributed by atoms with Crippen molar-refractivity contribution in [3.63, 3.8) is 0 Å². The molecular weight excluding hydrogens is 272 g/mol. The lowest BCUT2D eigenvalue weighted by Crippen LogP contribution is -2.47. The number of amides is 1. The summed E-state index contributed by atoms with van der Waals surface area (Å²) >= 11 is 0. The van der Waals surface area contributed by atoms with Crippen molar-refractivity contribution in [3.8, 4) is 0 Å². The molecule has 6 heteroatoms. The van der Waals surface area contributed by atoms with Crippen LogP contribution in [0.1, 0.15) is 52.9 Å². The number of rotatable bonds is 4. The van der Waals surface area contributed by atoms with Crippen molar-refractivity contribution in [1.82, 2.24) is 5.32 Å². The lowest BCUT2D eigenvalue weighted by Gasteiger charge is -2.41. The van der Waals surface area contributed by atoms with Gasteiger partial charge in [-0.25, -0.2) is 0 Å². The van der Waals surface area contributed by atoms with Gasteiger partial charge in [-0.05, 0) is 37.0 Å². The molecule has 0 bridgehead atoms. The van der Waals surface area contributed by atoms with E-state index in [1.165, 1.54) is 0 Å². The third-order valence-corrected chi connectivity index (χ3v) is 5.10. The molecule has 2 aliphatic rings. The lowest BCUT2D eigenvalue weighted by atomic mass is 9.68. The van der Waals surface area contributed by atoms with E-state index in [4.69, 9.17) is 0 Å². The largest absolute Gasteiger partial charge is 0.388 e. The minimum Gasteiger partial charge on any atom is -0.388 e. The van der Waals surface area contributed by atoms with E-state index in [1.54, 1.807) is 0 Å². The van der Waals surface area contributed by atoms with Crippen LogP contribution in [-0.4, -0.2) is 34.1 Å². The van der Waals surface area contributed by atoms with E-state index < -0.39 is 22.5 Å². The van der Waals surface area contributed by atoms with Gasteiger partial charge >= 0.3 is 0 Å². The number of carbonyl (C=O) groups is 1. The van der Waals surface area contributed by atoms with Crippen LogP contribution in [0.4, 0.5) is 0 Å². The first kappa shape index (κ1) is 16.2. The summed E-state index contributed by atoms with van der Waals surface area (Å²) in [5, 5.41) is 23.8. The average molecular weight is 298 g/mol. The fourth-order valence-electron chi connectivity index (χ4n) is 3.28. The Labute approximate surface area is 125 Å². The number of nitro groups is 1. The van der Waals surface area contributed by atoms with Crippen molar-refractivity contribution in [2.24, 2.45) is 17.3 Å². The fourth-order valence-corrected chi connectivity index (χ4v) is 3.28. The normalized spacial score (nSPS) is 36.1. The molecule has 0 aromatic rings. The van der Waals surface area contributed by atoms with Gasteiger partial charge in [-0.3, -0.25) is 14.9 Å². The van der Waals surface area contributed by atoms with Gasteiger partial charge in [0, 0.05) is 17.9 Å². The third kappa shape index (κ3) is 3.93. The van der Waals surface area contributed by atoms with Crippen molar-refractivity contribution in [2.45, 2.75) is 64.5 Å². The van der Waals surface area contributed by atoms with Crippen molar-refractivity contribution >= 4 is 5.91 Å². The Balaban J connectivity index is 1.76. The molecule has 0 spiro atoms. The Morgan fingerprint density at radius 3 is 2.38 bits per heavy atom. The topological polar surface area (TPSA) is 92.5 Å². The number of carbonyl (C=O) groups excluding carboxylic acids is 1. The molecule has 0 aromatic carbocycles. The zero-order valence-corrected chi connectivity index (χ0v) is 13.1. The number of hydrogen-bond donors (Lipinski definition) is 2. The maximum Gasteiger partial charge on any atom is 0.230 e. The van der Waals surface area contributed by atoms with Crippen molar-refractivity contribution < 1.29 is 14.8 Å². The highest BCUT2D eigenvalue weighted by Crippen LogP contribution is 2.41. The van der Waals surface area contributed by atoms with Gasteiger partial charge in [0.2, 0.25) is 11.9 Å². The molecule has 120 valence electrons. The number of nitrogens with zero attached hydrogens (tertiary/aromatic N) is 1. The molecular formula is C15H26N2O4. The minimum absolute atomic E-state index is 0.212. The standard InChI is InChI=1S/C15H26N2O4/c1-14(2,3)10-4-6-15(19,7-5-10)9-16-13(18)11-8-12(11)17(20)21/h10-12,19H,4-9H2,1-3H3,(H,16,18)/t10?,11-,12-,15?/m1/s1. The predicted molar refractivity (Wildman–Crippen MR) is 78.3 cm³/mol. The van der Waals surface area contributed by atoms with E-state index >= 15 is 0 Å². The van der Waals surface area contributed by atoms with Crippen LogP contribution in [0.2, 0.25) is 0 Å². The first-order valence-electron chi connectivity index (χ1n) is 7.76. The highest BCUT2D eigenvalue weighted by atomic mass is 16.6. The van der Waals surface area contributed by atoms with Crippen LogP contribution in [0.15, 0.2) is 0 Å². The second-order valence-corrected chi connectivity index (χ2v) is 7.78. The van der Waals surface area contributed by atoms with Crippen molar-refractivity contribution in [1.29, 1.82) is 0 Å². The van der Waals surface area contributed by atoms with Crippen LogP contribution >= 0.6 is 0 Å². The molecule has 2 aliphatic carbocycles. The van der Waals surface area contributed by atoms with E-state index in [-0.39, 0.29) is 17.9 Å². The van der Waals surface area contributed by atoms with Crippen LogP contribution in [0, 0.1) is 27.4 Å². The second kappa shape index (κ2) is 5.55. The van der Waals surface area contributed by atoms with Crippen LogP contribution in [0.5, 0.6) is 0 Å². The molecule has 6 nitrogen and oxygen atoms in total. The smallest absolute Gasteiger partial charge is 0.230 e. The predicted octanol–water partition coefficient (Wildman–Crippen LogP) is 1.74. The first-order valence-corrected chi connectivity index (χ1v) is 7.76. The van der Waals surface area contributed by atoms with E-state index in [0.29, 0.717) is 25.2 Å². The number of aliphatic hydroxyl groups is 1. The fraction of sp³-hybridized carbons (Fsp3) is 0.933. The summed E-state index contributed by atoms with van der Waals surface area (Å²) in [7, 11) is 0. The molecule has 2 saturated carbocycles. The first-order chi connectivity index (χ1) is 9.62. The van der Waals surface area contributed by atoms with Gasteiger partial charge < -0.3 is 10.4 Å². The van der Waals surface area contributed by atoms with E-state index in [1.807, 2.05) is 0 Å². The third-order valence-electron chi connectivity index (χ3n) is 5.10. The maximum absolute atomic E-state index is 11.8.